The highest BCUT2D eigenvalue weighted by Gasteiger charge is 2.24. The second-order valence-corrected chi connectivity index (χ2v) is 6.56. The van der Waals surface area contributed by atoms with Crippen molar-refractivity contribution in [3.05, 3.63) is 58.8 Å². The predicted molar refractivity (Wildman–Crippen MR) is 81.1 cm³/mol. The summed E-state index contributed by atoms with van der Waals surface area (Å²) in [5, 5.41) is 20.1. The van der Waals surface area contributed by atoms with E-state index in [1.54, 1.807) is 12.1 Å². The van der Waals surface area contributed by atoms with Crippen molar-refractivity contribution in [1.29, 1.82) is 0 Å². The molecule has 0 heterocycles. The Kier molecular flexibility index (Phi) is 4.38. The summed E-state index contributed by atoms with van der Waals surface area (Å²) >= 11 is 5.77. The number of para-hydroxylation sites is 1. The van der Waals surface area contributed by atoms with Gasteiger partial charge in [0.1, 0.15) is 4.90 Å². The molecule has 2 aromatic carbocycles. The summed E-state index contributed by atoms with van der Waals surface area (Å²) in [4.78, 5) is -0.292. The van der Waals surface area contributed by atoms with E-state index < -0.39 is 15.2 Å². The van der Waals surface area contributed by atoms with Gasteiger partial charge in [-0.15, -0.1) is 0 Å². The van der Waals surface area contributed by atoms with Gasteiger partial charge in [-0.1, -0.05) is 23.7 Å². The number of hydrogen-bond donors (Lipinski definition) is 1. The van der Waals surface area contributed by atoms with Gasteiger partial charge in [0, 0.05) is 12.1 Å². The minimum absolute atomic E-state index is 0.292. The molecule has 0 aromatic heterocycles. The second kappa shape index (κ2) is 5.90. The van der Waals surface area contributed by atoms with Crippen LogP contribution in [0.4, 0.5) is 11.4 Å². The SMILES string of the molecule is CN(c1ccc(Cl)cc1)S(=O)(=O)c1ccccc1N([O-])O. The first-order chi connectivity index (χ1) is 9.84. The summed E-state index contributed by atoms with van der Waals surface area (Å²) in [5.41, 5.74) is 0.0305. The van der Waals surface area contributed by atoms with Gasteiger partial charge in [-0.2, -0.15) is 0 Å². The zero-order chi connectivity index (χ0) is 15.6. The number of nitrogens with zero attached hydrogens (tertiary/aromatic N) is 2. The summed E-state index contributed by atoms with van der Waals surface area (Å²) in [7, 11) is -2.64. The summed E-state index contributed by atoms with van der Waals surface area (Å²) in [6.45, 7) is 0. The fourth-order valence-electron chi connectivity index (χ4n) is 1.77. The molecule has 0 radical (unpaired) electrons. The van der Waals surface area contributed by atoms with Crippen LogP contribution in [0.1, 0.15) is 0 Å². The molecule has 0 amide bonds. The summed E-state index contributed by atoms with van der Waals surface area (Å²) in [6, 6.07) is 11.6. The van der Waals surface area contributed by atoms with E-state index in [2.05, 4.69) is 0 Å². The van der Waals surface area contributed by atoms with Crippen LogP contribution in [0, 0.1) is 5.21 Å². The monoisotopic (exact) mass is 327 g/mol. The summed E-state index contributed by atoms with van der Waals surface area (Å²) < 4.78 is 26.1. The quantitative estimate of drug-likeness (QED) is 0.873. The van der Waals surface area contributed by atoms with Crippen molar-refractivity contribution >= 4 is 33.0 Å². The first kappa shape index (κ1) is 15.6. The molecule has 0 aliphatic rings. The molecule has 112 valence electrons. The highest BCUT2D eigenvalue weighted by atomic mass is 35.5. The van der Waals surface area contributed by atoms with Crippen molar-refractivity contribution in [3.63, 3.8) is 0 Å². The molecule has 2 aromatic rings. The predicted octanol–water partition coefficient (Wildman–Crippen LogP) is 2.86. The molecule has 2 rings (SSSR count). The van der Waals surface area contributed by atoms with Crippen molar-refractivity contribution in [1.82, 2.24) is 0 Å². The van der Waals surface area contributed by atoms with Gasteiger partial charge in [-0.25, -0.2) is 8.42 Å². The lowest BCUT2D eigenvalue weighted by Crippen LogP contribution is -2.28. The minimum Gasteiger partial charge on any atom is -0.733 e. The topological polar surface area (TPSA) is 83.9 Å². The zero-order valence-corrected chi connectivity index (χ0v) is 12.5. The fraction of sp³-hybridized carbons (Fsp3) is 0.0769. The van der Waals surface area contributed by atoms with Gasteiger partial charge in [0.05, 0.1) is 11.4 Å². The molecule has 0 unspecified atom stereocenters. The number of sulfonamides is 1. The van der Waals surface area contributed by atoms with Crippen molar-refractivity contribution < 1.29 is 13.6 Å². The third-order valence-electron chi connectivity index (χ3n) is 2.90. The molecule has 0 atom stereocenters. The van der Waals surface area contributed by atoms with E-state index in [1.807, 2.05) is 0 Å². The van der Waals surface area contributed by atoms with Gasteiger partial charge in [0.15, 0.2) is 0 Å². The van der Waals surface area contributed by atoms with Gasteiger partial charge in [-0.3, -0.25) is 9.51 Å². The molecule has 0 aliphatic heterocycles. The molecule has 0 spiro atoms. The molecular weight excluding hydrogens is 316 g/mol. The number of rotatable bonds is 4. The van der Waals surface area contributed by atoms with Crippen molar-refractivity contribution in [2.75, 3.05) is 16.6 Å². The Hall–Kier alpha value is -1.80. The standard InChI is InChI=1S/C13H12ClN2O4S/c1-15(11-8-6-10(14)7-9-11)21(19,20)13-5-3-2-4-12(13)16(17)18/h2-9,17H,1H3/q-1. The first-order valence-electron chi connectivity index (χ1n) is 5.83. The van der Waals surface area contributed by atoms with Crippen LogP contribution in [-0.2, 0) is 10.0 Å². The number of halogens is 1. The fourth-order valence-corrected chi connectivity index (χ4v) is 3.25. The maximum Gasteiger partial charge on any atom is 0.266 e. The van der Waals surface area contributed by atoms with E-state index in [0.29, 0.717) is 10.7 Å². The highest BCUT2D eigenvalue weighted by Crippen LogP contribution is 2.29. The Morgan fingerprint density at radius 2 is 1.67 bits per heavy atom. The largest absolute Gasteiger partial charge is 0.733 e. The molecule has 0 saturated carbocycles. The lowest BCUT2D eigenvalue weighted by Gasteiger charge is -2.27. The number of anilines is 2. The van der Waals surface area contributed by atoms with E-state index in [0.717, 1.165) is 4.31 Å². The van der Waals surface area contributed by atoms with E-state index in [1.165, 1.54) is 43.4 Å². The van der Waals surface area contributed by atoms with Gasteiger partial charge >= 0.3 is 0 Å². The highest BCUT2D eigenvalue weighted by molar-refractivity contribution is 7.93. The Morgan fingerprint density at radius 3 is 2.24 bits per heavy atom. The number of hydrogen-bond acceptors (Lipinski definition) is 5. The maximum absolute atomic E-state index is 12.6. The molecular formula is C13H12ClN2O4S-. The molecule has 0 bridgehead atoms. The van der Waals surface area contributed by atoms with Gasteiger partial charge in [0.25, 0.3) is 10.0 Å². The van der Waals surface area contributed by atoms with E-state index in [4.69, 9.17) is 16.8 Å². The van der Waals surface area contributed by atoms with Crippen LogP contribution in [0.3, 0.4) is 0 Å². The normalized spacial score (nSPS) is 11.2. The van der Waals surface area contributed by atoms with Crippen LogP contribution in [0.15, 0.2) is 53.4 Å². The average Bonchev–Trinajstić information content (AvgIpc) is 2.47. The van der Waals surface area contributed by atoms with Crippen LogP contribution < -0.4 is 9.53 Å². The summed E-state index contributed by atoms with van der Waals surface area (Å²) in [6.07, 6.45) is 0. The maximum atomic E-state index is 12.6. The van der Waals surface area contributed by atoms with Crippen LogP contribution in [-0.4, -0.2) is 20.7 Å². The van der Waals surface area contributed by atoms with Crippen LogP contribution in [0.2, 0.25) is 5.02 Å². The summed E-state index contributed by atoms with van der Waals surface area (Å²) in [5.74, 6) is 0. The lowest BCUT2D eigenvalue weighted by atomic mass is 10.3. The third-order valence-corrected chi connectivity index (χ3v) is 4.98. The van der Waals surface area contributed by atoms with Crippen molar-refractivity contribution in [2.45, 2.75) is 4.90 Å². The van der Waals surface area contributed by atoms with Crippen LogP contribution in [0.5, 0.6) is 0 Å². The Balaban J connectivity index is 2.49. The van der Waals surface area contributed by atoms with Crippen molar-refractivity contribution in [3.8, 4) is 0 Å². The van der Waals surface area contributed by atoms with E-state index >= 15 is 0 Å². The molecule has 0 aliphatic carbocycles. The Morgan fingerprint density at radius 1 is 1.10 bits per heavy atom. The van der Waals surface area contributed by atoms with E-state index in [-0.39, 0.29) is 10.6 Å². The second-order valence-electron chi connectivity index (χ2n) is 4.19. The Labute approximate surface area is 127 Å². The van der Waals surface area contributed by atoms with Gasteiger partial charge in [-0.05, 0) is 36.4 Å². The van der Waals surface area contributed by atoms with Gasteiger partial charge < -0.3 is 10.4 Å². The molecule has 0 saturated heterocycles. The Bertz CT molecular complexity index is 732. The lowest BCUT2D eigenvalue weighted by molar-refractivity contribution is 0.294. The van der Waals surface area contributed by atoms with Gasteiger partial charge in [0.2, 0.25) is 0 Å². The third kappa shape index (κ3) is 3.11. The first-order valence-corrected chi connectivity index (χ1v) is 7.65. The molecule has 1 N–H and O–H groups in total. The number of benzene rings is 2. The van der Waals surface area contributed by atoms with E-state index in [9.17, 15) is 13.6 Å². The molecule has 8 heteroatoms. The molecule has 21 heavy (non-hydrogen) atoms. The van der Waals surface area contributed by atoms with Crippen molar-refractivity contribution in [2.24, 2.45) is 0 Å². The van der Waals surface area contributed by atoms with Crippen LogP contribution in [0.25, 0.3) is 0 Å². The molecule has 0 fully saturated rings. The minimum atomic E-state index is -3.99. The smallest absolute Gasteiger partial charge is 0.266 e. The average molecular weight is 328 g/mol. The van der Waals surface area contributed by atoms with Crippen LogP contribution >= 0.6 is 11.6 Å². The zero-order valence-electron chi connectivity index (χ0n) is 11.0. The molecule has 6 nitrogen and oxygen atoms in total.